The van der Waals surface area contributed by atoms with Crippen LogP contribution in [-0.4, -0.2) is 13.4 Å². The summed E-state index contributed by atoms with van der Waals surface area (Å²) < 4.78 is 41.0. The molecular formula is C11H9BrClFN4O2S. The molecule has 2 aromatic rings. The highest BCUT2D eigenvalue weighted by molar-refractivity contribution is 9.10. The van der Waals surface area contributed by atoms with Crippen molar-refractivity contribution in [3.63, 3.8) is 0 Å². The molecule has 0 radical (unpaired) electrons. The number of halogens is 3. The molecular weight excluding hydrogens is 387 g/mol. The number of nitrogens with two attached hydrogens (primary N) is 1. The summed E-state index contributed by atoms with van der Waals surface area (Å²) >= 11 is 8.72. The van der Waals surface area contributed by atoms with E-state index in [0.29, 0.717) is 4.47 Å². The van der Waals surface area contributed by atoms with Crippen LogP contribution in [0.3, 0.4) is 0 Å². The number of sulfonamides is 1. The number of pyridine rings is 1. The van der Waals surface area contributed by atoms with Crippen molar-refractivity contribution in [1.82, 2.24) is 4.98 Å². The van der Waals surface area contributed by atoms with Gasteiger partial charge < -0.3 is 5.43 Å². The van der Waals surface area contributed by atoms with Gasteiger partial charge in [0.1, 0.15) is 4.90 Å². The van der Waals surface area contributed by atoms with Crippen LogP contribution in [0.1, 0.15) is 0 Å². The van der Waals surface area contributed by atoms with Crippen molar-refractivity contribution in [3.8, 4) is 0 Å². The number of nitrogens with zero attached hydrogens (tertiary/aromatic N) is 1. The lowest BCUT2D eigenvalue weighted by molar-refractivity contribution is 0.598. The molecule has 0 aliphatic rings. The van der Waals surface area contributed by atoms with Crippen LogP contribution in [-0.2, 0) is 10.0 Å². The summed E-state index contributed by atoms with van der Waals surface area (Å²) in [5.41, 5.74) is 1.90. The minimum absolute atomic E-state index is 0.0758. The number of hydrazine groups is 1. The zero-order valence-electron chi connectivity index (χ0n) is 10.3. The molecule has 1 aromatic carbocycles. The van der Waals surface area contributed by atoms with Gasteiger partial charge in [0.2, 0.25) is 0 Å². The first-order valence-corrected chi connectivity index (χ1v) is 8.09. The van der Waals surface area contributed by atoms with Gasteiger partial charge in [-0.3, -0.25) is 4.72 Å². The Kier molecular flexibility index (Phi) is 4.67. The molecule has 1 aromatic heterocycles. The van der Waals surface area contributed by atoms with E-state index in [0.717, 1.165) is 0 Å². The fraction of sp³-hybridized carbons (Fsp3) is 0. The summed E-state index contributed by atoms with van der Waals surface area (Å²) in [6.45, 7) is 0. The third-order valence-corrected chi connectivity index (χ3v) is 4.55. The minimum atomic E-state index is -4.10. The van der Waals surface area contributed by atoms with Crippen LogP contribution >= 0.6 is 27.5 Å². The Morgan fingerprint density at radius 2 is 2.10 bits per heavy atom. The van der Waals surface area contributed by atoms with Gasteiger partial charge in [0.25, 0.3) is 10.0 Å². The van der Waals surface area contributed by atoms with Gasteiger partial charge in [0.15, 0.2) is 11.6 Å². The molecule has 0 atom stereocenters. The second-order valence-corrected chi connectivity index (χ2v) is 6.83. The predicted molar refractivity (Wildman–Crippen MR) is 82.0 cm³/mol. The summed E-state index contributed by atoms with van der Waals surface area (Å²) in [6, 6.07) is 5.26. The number of aromatic nitrogens is 1. The largest absolute Gasteiger partial charge is 0.307 e. The Bertz CT molecular complexity index is 788. The number of nitrogen functional groups attached to an aromatic ring is 1. The maximum absolute atomic E-state index is 13.8. The second kappa shape index (κ2) is 6.14. The summed E-state index contributed by atoms with van der Waals surface area (Å²) in [7, 11) is -4.10. The van der Waals surface area contributed by atoms with E-state index < -0.39 is 15.8 Å². The van der Waals surface area contributed by atoms with Crippen molar-refractivity contribution in [3.05, 3.63) is 45.8 Å². The number of anilines is 2. The van der Waals surface area contributed by atoms with E-state index >= 15 is 0 Å². The van der Waals surface area contributed by atoms with Gasteiger partial charge in [-0.05, 0) is 34.1 Å². The molecule has 21 heavy (non-hydrogen) atoms. The van der Waals surface area contributed by atoms with Crippen molar-refractivity contribution < 1.29 is 12.8 Å². The molecule has 1 heterocycles. The highest BCUT2D eigenvalue weighted by atomic mass is 79.9. The van der Waals surface area contributed by atoms with Gasteiger partial charge in [0, 0.05) is 10.7 Å². The molecule has 0 saturated heterocycles. The fourth-order valence-corrected chi connectivity index (χ4v) is 3.38. The number of hydrogen-bond donors (Lipinski definition) is 3. The number of benzene rings is 1. The van der Waals surface area contributed by atoms with E-state index in [1.54, 1.807) is 0 Å². The maximum atomic E-state index is 13.8. The number of rotatable bonds is 4. The van der Waals surface area contributed by atoms with Crippen LogP contribution in [0.25, 0.3) is 0 Å². The van der Waals surface area contributed by atoms with Crippen LogP contribution in [0.4, 0.5) is 15.9 Å². The Morgan fingerprint density at radius 1 is 1.38 bits per heavy atom. The molecule has 2 rings (SSSR count). The Morgan fingerprint density at radius 3 is 2.76 bits per heavy atom. The molecule has 0 aliphatic carbocycles. The average Bonchev–Trinajstić information content (AvgIpc) is 2.44. The van der Waals surface area contributed by atoms with E-state index in [1.165, 1.54) is 30.5 Å². The van der Waals surface area contributed by atoms with Crippen molar-refractivity contribution in [2.75, 3.05) is 10.1 Å². The van der Waals surface area contributed by atoms with E-state index in [9.17, 15) is 12.8 Å². The normalized spacial score (nSPS) is 11.2. The zero-order chi connectivity index (χ0) is 15.6. The Labute approximate surface area is 133 Å². The van der Waals surface area contributed by atoms with Crippen LogP contribution in [0.15, 0.2) is 39.8 Å². The lowest BCUT2D eigenvalue weighted by atomic mass is 10.3. The van der Waals surface area contributed by atoms with Crippen molar-refractivity contribution in [2.24, 2.45) is 5.84 Å². The van der Waals surface area contributed by atoms with Crippen molar-refractivity contribution in [2.45, 2.75) is 4.90 Å². The molecule has 0 amide bonds. The van der Waals surface area contributed by atoms with Crippen molar-refractivity contribution >= 4 is 49.1 Å². The van der Waals surface area contributed by atoms with E-state index in [-0.39, 0.29) is 21.4 Å². The van der Waals surface area contributed by atoms with E-state index in [2.05, 4.69) is 31.1 Å². The Hall–Kier alpha value is -1.42. The molecule has 0 spiro atoms. The zero-order valence-corrected chi connectivity index (χ0v) is 13.4. The lowest BCUT2D eigenvalue weighted by Crippen LogP contribution is -2.19. The lowest BCUT2D eigenvalue weighted by Gasteiger charge is -2.12. The van der Waals surface area contributed by atoms with Gasteiger partial charge in [-0.1, -0.05) is 17.7 Å². The van der Waals surface area contributed by atoms with Gasteiger partial charge in [-0.2, -0.15) is 0 Å². The maximum Gasteiger partial charge on any atom is 0.265 e. The molecule has 0 fully saturated rings. The molecule has 0 unspecified atom stereocenters. The van der Waals surface area contributed by atoms with Gasteiger partial charge in [0.05, 0.1) is 10.7 Å². The van der Waals surface area contributed by atoms with Crippen LogP contribution in [0.2, 0.25) is 5.02 Å². The highest BCUT2D eigenvalue weighted by Gasteiger charge is 2.22. The SMILES string of the molecule is NNc1ncc(Br)cc1S(=O)(=O)Nc1cccc(Cl)c1F. The molecule has 112 valence electrons. The predicted octanol–water partition coefficient (Wildman–Crippen LogP) is 2.72. The Balaban J connectivity index is 2.48. The van der Waals surface area contributed by atoms with Crippen LogP contribution in [0, 0.1) is 5.82 Å². The molecule has 0 aliphatic heterocycles. The summed E-state index contributed by atoms with van der Waals surface area (Å²) in [5.74, 6) is 4.29. The van der Waals surface area contributed by atoms with Crippen LogP contribution < -0.4 is 16.0 Å². The molecule has 0 saturated carbocycles. The van der Waals surface area contributed by atoms with Gasteiger partial charge >= 0.3 is 0 Å². The van der Waals surface area contributed by atoms with Gasteiger partial charge in [-0.15, -0.1) is 0 Å². The fourth-order valence-electron chi connectivity index (χ4n) is 1.52. The number of hydrogen-bond acceptors (Lipinski definition) is 5. The van der Waals surface area contributed by atoms with E-state index in [1.807, 2.05) is 0 Å². The monoisotopic (exact) mass is 394 g/mol. The quantitative estimate of drug-likeness (QED) is 0.546. The highest BCUT2D eigenvalue weighted by Crippen LogP contribution is 2.27. The minimum Gasteiger partial charge on any atom is -0.307 e. The first-order chi connectivity index (χ1) is 9.85. The standard InChI is InChI=1S/C11H9BrClFN4O2S/c12-6-4-9(11(17-15)16-5-6)21(19,20)18-8-3-1-2-7(13)10(8)14/h1-5,18H,15H2,(H,16,17). The third kappa shape index (κ3) is 3.43. The smallest absolute Gasteiger partial charge is 0.265 e. The summed E-state index contributed by atoms with van der Waals surface area (Å²) in [5, 5.41) is -0.195. The first-order valence-electron chi connectivity index (χ1n) is 5.44. The summed E-state index contributed by atoms with van der Waals surface area (Å²) in [4.78, 5) is 3.59. The van der Waals surface area contributed by atoms with Crippen LogP contribution in [0.5, 0.6) is 0 Å². The second-order valence-electron chi connectivity index (χ2n) is 3.85. The first kappa shape index (κ1) is 16.0. The molecule has 0 bridgehead atoms. The molecule has 10 heteroatoms. The summed E-state index contributed by atoms with van der Waals surface area (Å²) in [6.07, 6.45) is 1.37. The van der Waals surface area contributed by atoms with Crippen molar-refractivity contribution in [1.29, 1.82) is 0 Å². The molecule has 4 N–H and O–H groups in total. The van der Waals surface area contributed by atoms with E-state index in [4.69, 9.17) is 17.4 Å². The molecule has 6 nitrogen and oxygen atoms in total. The topological polar surface area (TPSA) is 97.1 Å². The van der Waals surface area contributed by atoms with Gasteiger partial charge in [-0.25, -0.2) is 23.6 Å². The average molecular weight is 396 g/mol. The number of nitrogens with one attached hydrogen (secondary N) is 2. The third-order valence-electron chi connectivity index (χ3n) is 2.44.